The van der Waals surface area contributed by atoms with Gasteiger partial charge in [0, 0.05) is 25.6 Å². The van der Waals surface area contributed by atoms with Crippen molar-refractivity contribution in [3.8, 4) is 0 Å². The summed E-state index contributed by atoms with van der Waals surface area (Å²) >= 11 is 0. The number of aldehydes is 1. The minimum absolute atomic E-state index is 0.240. The van der Waals surface area contributed by atoms with E-state index in [1.54, 1.807) is 17.8 Å². The van der Waals surface area contributed by atoms with Gasteiger partial charge in [0.2, 0.25) is 11.8 Å². The van der Waals surface area contributed by atoms with Gasteiger partial charge in [0.1, 0.15) is 6.29 Å². The minimum Gasteiger partial charge on any atom is -0.303 e. The first-order chi connectivity index (χ1) is 8.11. The molecule has 0 bridgehead atoms. The summed E-state index contributed by atoms with van der Waals surface area (Å²) in [6.07, 6.45) is 1.88. The third-order valence-electron chi connectivity index (χ3n) is 2.88. The Labute approximate surface area is 98.0 Å². The molecule has 1 aromatic heterocycles. The Morgan fingerprint density at radius 1 is 1.59 bits per heavy atom. The van der Waals surface area contributed by atoms with Crippen molar-refractivity contribution >= 4 is 18.1 Å². The van der Waals surface area contributed by atoms with Gasteiger partial charge in [0.15, 0.2) is 0 Å². The van der Waals surface area contributed by atoms with Gasteiger partial charge in [0.25, 0.3) is 0 Å². The number of nitrogens with one attached hydrogen (secondary N) is 1. The quantitative estimate of drug-likeness (QED) is 0.575. The van der Waals surface area contributed by atoms with Crippen molar-refractivity contribution in [2.75, 3.05) is 0 Å². The van der Waals surface area contributed by atoms with Crippen molar-refractivity contribution < 1.29 is 14.4 Å². The molecule has 0 radical (unpaired) electrons. The zero-order chi connectivity index (χ0) is 12.4. The Hall–Kier alpha value is -1.98. The number of piperidine rings is 1. The number of aromatic nitrogens is 2. The van der Waals surface area contributed by atoms with E-state index in [2.05, 4.69) is 10.4 Å². The van der Waals surface area contributed by atoms with Crippen LogP contribution in [0.25, 0.3) is 0 Å². The first-order valence-corrected chi connectivity index (χ1v) is 5.42. The number of hydrogen-bond donors (Lipinski definition) is 1. The first-order valence-electron chi connectivity index (χ1n) is 5.42. The predicted octanol–water partition coefficient (Wildman–Crippen LogP) is -0.318. The van der Waals surface area contributed by atoms with Crippen LogP contribution >= 0.6 is 0 Å². The number of carbonyl (C=O) groups excluding carboxylic acids is 3. The zero-order valence-corrected chi connectivity index (χ0v) is 9.47. The van der Waals surface area contributed by atoms with Crippen molar-refractivity contribution in [3.63, 3.8) is 0 Å². The minimum atomic E-state index is -0.390. The van der Waals surface area contributed by atoms with Crippen molar-refractivity contribution in [2.24, 2.45) is 7.05 Å². The molecule has 0 aromatic carbocycles. The molecule has 17 heavy (non-hydrogen) atoms. The second-order valence-corrected chi connectivity index (χ2v) is 4.06. The second-order valence-electron chi connectivity index (χ2n) is 4.06. The van der Waals surface area contributed by atoms with Gasteiger partial charge in [-0.05, 0) is 12.5 Å². The zero-order valence-electron chi connectivity index (χ0n) is 9.47. The third kappa shape index (κ3) is 2.25. The summed E-state index contributed by atoms with van der Waals surface area (Å²) in [5.41, 5.74) is 1.38. The molecule has 90 valence electrons. The fraction of sp³-hybridized carbons (Fsp3) is 0.455. The SMILES string of the molecule is Cn1nc(C2CCC(=O)NC2=O)cc1CC=O. The Morgan fingerprint density at radius 3 is 3.00 bits per heavy atom. The average Bonchev–Trinajstić information content (AvgIpc) is 2.60. The van der Waals surface area contributed by atoms with Gasteiger partial charge >= 0.3 is 0 Å². The van der Waals surface area contributed by atoms with Crippen LogP contribution in [0.3, 0.4) is 0 Å². The summed E-state index contributed by atoms with van der Waals surface area (Å²) < 4.78 is 1.59. The van der Waals surface area contributed by atoms with Crippen LogP contribution in [0, 0.1) is 0 Å². The lowest BCUT2D eigenvalue weighted by atomic mass is 9.95. The molecule has 0 spiro atoms. The summed E-state index contributed by atoms with van der Waals surface area (Å²) in [5, 5.41) is 6.51. The lowest BCUT2D eigenvalue weighted by Crippen LogP contribution is -2.39. The first kappa shape index (κ1) is 11.5. The average molecular weight is 235 g/mol. The van der Waals surface area contributed by atoms with Crippen LogP contribution in [0.1, 0.15) is 30.1 Å². The van der Waals surface area contributed by atoms with Gasteiger partial charge in [-0.1, -0.05) is 0 Å². The molecule has 1 aliphatic heterocycles. The van der Waals surface area contributed by atoms with E-state index in [-0.39, 0.29) is 24.2 Å². The molecule has 1 saturated heterocycles. The molecule has 2 heterocycles. The van der Waals surface area contributed by atoms with Gasteiger partial charge in [0.05, 0.1) is 11.6 Å². The van der Waals surface area contributed by atoms with Gasteiger partial charge in [-0.3, -0.25) is 19.6 Å². The molecule has 2 rings (SSSR count). The molecule has 6 nitrogen and oxygen atoms in total. The number of imide groups is 1. The van der Waals surface area contributed by atoms with Gasteiger partial charge in [-0.15, -0.1) is 0 Å². The molecule has 0 saturated carbocycles. The molecular weight excluding hydrogens is 222 g/mol. The molecule has 6 heteroatoms. The van der Waals surface area contributed by atoms with E-state index in [1.807, 2.05) is 0 Å². The summed E-state index contributed by atoms with van der Waals surface area (Å²) in [5.74, 6) is -0.938. The van der Waals surface area contributed by atoms with E-state index in [0.717, 1.165) is 12.0 Å². The van der Waals surface area contributed by atoms with E-state index >= 15 is 0 Å². The maximum absolute atomic E-state index is 11.6. The summed E-state index contributed by atoms with van der Waals surface area (Å²) in [4.78, 5) is 33.1. The topological polar surface area (TPSA) is 81.1 Å². The highest BCUT2D eigenvalue weighted by Gasteiger charge is 2.30. The smallest absolute Gasteiger partial charge is 0.235 e. The Morgan fingerprint density at radius 2 is 2.35 bits per heavy atom. The van der Waals surface area contributed by atoms with Crippen LogP contribution in [-0.4, -0.2) is 27.9 Å². The van der Waals surface area contributed by atoms with E-state index in [1.165, 1.54) is 0 Å². The van der Waals surface area contributed by atoms with Crippen LogP contribution in [0.2, 0.25) is 0 Å². The Bertz CT molecular complexity index is 478. The van der Waals surface area contributed by atoms with Gasteiger partial charge in [-0.2, -0.15) is 5.10 Å². The maximum Gasteiger partial charge on any atom is 0.235 e. The maximum atomic E-state index is 11.6. The van der Waals surface area contributed by atoms with Crippen LogP contribution in [0.15, 0.2) is 6.07 Å². The standard InChI is InChI=1S/C11H13N3O3/c1-14-7(4-5-15)6-9(13-14)8-2-3-10(16)12-11(8)17/h5-6,8H,2-4H2,1H3,(H,12,16,17). The molecule has 0 aliphatic carbocycles. The van der Waals surface area contributed by atoms with Crippen molar-refractivity contribution in [2.45, 2.75) is 25.2 Å². The summed E-state index contributed by atoms with van der Waals surface area (Å²) in [7, 11) is 1.73. The van der Waals surface area contributed by atoms with Crippen LogP contribution in [-0.2, 0) is 27.9 Å². The number of aryl methyl sites for hydroxylation is 1. The number of rotatable bonds is 3. The molecule has 1 fully saturated rings. The highest BCUT2D eigenvalue weighted by Crippen LogP contribution is 2.24. The molecule has 1 aliphatic rings. The fourth-order valence-electron chi connectivity index (χ4n) is 1.95. The largest absolute Gasteiger partial charge is 0.303 e. The molecule has 1 atom stereocenters. The molecular formula is C11H13N3O3. The van der Waals surface area contributed by atoms with Gasteiger partial charge in [-0.25, -0.2) is 0 Å². The molecule has 1 unspecified atom stereocenters. The lowest BCUT2D eigenvalue weighted by Gasteiger charge is -2.18. The number of carbonyl (C=O) groups is 3. The number of amides is 2. The monoisotopic (exact) mass is 235 g/mol. The van der Waals surface area contributed by atoms with Crippen molar-refractivity contribution in [3.05, 3.63) is 17.5 Å². The Kier molecular flexibility index (Phi) is 3.03. The van der Waals surface area contributed by atoms with E-state index in [4.69, 9.17) is 0 Å². The van der Waals surface area contributed by atoms with E-state index < -0.39 is 0 Å². The molecule has 1 aromatic rings. The summed E-state index contributed by atoms with van der Waals surface area (Å²) in [6.45, 7) is 0. The normalized spacial score (nSPS) is 20.2. The van der Waals surface area contributed by atoms with Crippen LogP contribution in [0.5, 0.6) is 0 Å². The molecule has 1 N–H and O–H groups in total. The van der Waals surface area contributed by atoms with Gasteiger partial charge < -0.3 is 4.79 Å². The Balaban J connectivity index is 2.22. The second kappa shape index (κ2) is 4.48. The predicted molar refractivity (Wildman–Crippen MR) is 58.1 cm³/mol. The van der Waals surface area contributed by atoms with Crippen molar-refractivity contribution in [1.29, 1.82) is 0 Å². The fourth-order valence-corrected chi connectivity index (χ4v) is 1.95. The third-order valence-corrected chi connectivity index (χ3v) is 2.88. The number of hydrogen-bond acceptors (Lipinski definition) is 4. The van der Waals surface area contributed by atoms with E-state index in [9.17, 15) is 14.4 Å². The highest BCUT2D eigenvalue weighted by molar-refractivity contribution is 6.00. The van der Waals surface area contributed by atoms with E-state index in [0.29, 0.717) is 18.5 Å². The number of nitrogens with zero attached hydrogens (tertiary/aromatic N) is 2. The van der Waals surface area contributed by atoms with Crippen molar-refractivity contribution in [1.82, 2.24) is 15.1 Å². The summed E-state index contributed by atoms with van der Waals surface area (Å²) in [6, 6.07) is 1.74. The van der Waals surface area contributed by atoms with Crippen LogP contribution in [0.4, 0.5) is 0 Å². The highest BCUT2D eigenvalue weighted by atomic mass is 16.2. The van der Waals surface area contributed by atoms with Crippen LogP contribution < -0.4 is 5.32 Å². The molecule has 2 amide bonds. The lowest BCUT2D eigenvalue weighted by molar-refractivity contribution is -0.134.